The van der Waals surface area contributed by atoms with Gasteiger partial charge in [-0.3, -0.25) is 19.7 Å². The molecular weight excluding hydrogens is 296 g/mol. The van der Waals surface area contributed by atoms with E-state index in [4.69, 9.17) is 5.11 Å². The number of carboxylic acid groups (broad SMARTS) is 1. The lowest BCUT2D eigenvalue weighted by Crippen LogP contribution is -2.32. The minimum atomic E-state index is -0.747. The predicted molar refractivity (Wildman–Crippen MR) is 76.4 cm³/mol. The normalized spacial score (nSPS) is 21.7. The molecule has 0 spiro atoms. The molecule has 0 aromatic carbocycles. The lowest BCUT2D eigenvalue weighted by molar-refractivity contribution is -0.380. The molecular formula is C13H16N2O5S. The van der Waals surface area contributed by atoms with Gasteiger partial charge in [0.1, 0.15) is 0 Å². The minimum absolute atomic E-state index is 0.0536. The van der Waals surface area contributed by atoms with E-state index in [0.29, 0.717) is 24.9 Å². The third-order valence-electron chi connectivity index (χ3n) is 3.78. The van der Waals surface area contributed by atoms with Crippen molar-refractivity contribution in [2.24, 2.45) is 11.8 Å². The average Bonchev–Trinajstić information content (AvgIpc) is 2.95. The van der Waals surface area contributed by atoms with E-state index < -0.39 is 10.9 Å². The third kappa shape index (κ3) is 4.01. The van der Waals surface area contributed by atoms with Gasteiger partial charge in [-0.05, 0) is 31.6 Å². The highest BCUT2D eigenvalue weighted by molar-refractivity contribution is 7.13. The molecule has 7 nitrogen and oxygen atoms in total. The molecule has 1 heterocycles. The number of nitrogens with zero attached hydrogens (tertiary/aromatic N) is 1. The number of carboxylic acids is 1. The highest BCUT2D eigenvalue weighted by Crippen LogP contribution is 2.28. The van der Waals surface area contributed by atoms with Gasteiger partial charge in [-0.25, -0.2) is 0 Å². The maximum absolute atomic E-state index is 11.9. The lowest BCUT2D eigenvalue weighted by Gasteiger charge is -2.26. The van der Waals surface area contributed by atoms with Gasteiger partial charge in [0.2, 0.25) is 0 Å². The maximum Gasteiger partial charge on any atom is 0.324 e. The number of aliphatic carboxylic acids is 1. The van der Waals surface area contributed by atoms with Crippen LogP contribution in [0.2, 0.25) is 0 Å². The number of amides is 1. The number of hydrogen-bond acceptors (Lipinski definition) is 5. The summed E-state index contributed by atoms with van der Waals surface area (Å²) in [5.41, 5.74) is 0.297. The first kappa shape index (κ1) is 15.4. The van der Waals surface area contributed by atoms with Crippen molar-refractivity contribution in [3.8, 4) is 0 Å². The van der Waals surface area contributed by atoms with Gasteiger partial charge in [0, 0.05) is 18.0 Å². The van der Waals surface area contributed by atoms with Crippen LogP contribution in [-0.2, 0) is 4.79 Å². The summed E-state index contributed by atoms with van der Waals surface area (Å²) in [6.45, 7) is 0.481. The molecule has 1 aromatic heterocycles. The van der Waals surface area contributed by atoms with Crippen molar-refractivity contribution in [3.63, 3.8) is 0 Å². The Kier molecular flexibility index (Phi) is 4.89. The molecule has 1 amide bonds. The second-order valence-corrected chi connectivity index (χ2v) is 6.09. The maximum atomic E-state index is 11.9. The fourth-order valence-corrected chi connectivity index (χ4v) is 3.20. The largest absolute Gasteiger partial charge is 0.481 e. The van der Waals surface area contributed by atoms with Crippen LogP contribution in [0.15, 0.2) is 11.4 Å². The second kappa shape index (κ2) is 6.66. The van der Waals surface area contributed by atoms with E-state index >= 15 is 0 Å². The van der Waals surface area contributed by atoms with Crippen molar-refractivity contribution in [2.75, 3.05) is 6.54 Å². The molecule has 0 radical (unpaired) electrons. The summed E-state index contributed by atoms with van der Waals surface area (Å²) < 4.78 is 0. The number of nitrogens with one attached hydrogen (secondary N) is 1. The quantitative estimate of drug-likeness (QED) is 0.640. The fourth-order valence-electron chi connectivity index (χ4n) is 2.49. The summed E-state index contributed by atoms with van der Waals surface area (Å²) in [4.78, 5) is 32.8. The van der Waals surface area contributed by atoms with E-state index in [-0.39, 0.29) is 22.7 Å². The molecule has 21 heavy (non-hydrogen) atoms. The fraction of sp³-hybridized carbons (Fsp3) is 0.538. The van der Waals surface area contributed by atoms with E-state index in [1.807, 2.05) is 0 Å². The predicted octanol–water partition coefficient (Wildman–Crippen LogP) is 2.28. The monoisotopic (exact) mass is 312 g/mol. The Morgan fingerprint density at radius 1 is 1.38 bits per heavy atom. The summed E-state index contributed by atoms with van der Waals surface area (Å²) in [5.74, 6) is -1.06. The first-order chi connectivity index (χ1) is 9.97. The molecule has 2 N–H and O–H groups in total. The smallest absolute Gasteiger partial charge is 0.324 e. The Morgan fingerprint density at radius 2 is 2.05 bits per heavy atom. The molecule has 114 valence electrons. The summed E-state index contributed by atoms with van der Waals surface area (Å²) in [5, 5.41) is 23.7. The number of thiophene rings is 1. The standard InChI is InChI=1S/C13H16N2O5S/c16-12(10-5-11(15(19)20)21-7-10)14-6-8-1-3-9(4-2-8)13(17)18/h5,7-9H,1-4,6H2,(H,14,16)(H,17,18). The van der Waals surface area contributed by atoms with E-state index in [2.05, 4.69) is 5.32 Å². The van der Waals surface area contributed by atoms with Crippen LogP contribution < -0.4 is 5.32 Å². The lowest BCUT2D eigenvalue weighted by atomic mass is 9.82. The Balaban J connectivity index is 1.79. The molecule has 0 saturated heterocycles. The summed E-state index contributed by atoms with van der Waals surface area (Å²) in [6, 6.07) is 1.27. The molecule has 1 saturated carbocycles. The number of rotatable bonds is 5. The zero-order valence-corrected chi connectivity index (χ0v) is 12.1. The minimum Gasteiger partial charge on any atom is -0.481 e. The zero-order valence-electron chi connectivity index (χ0n) is 11.3. The van der Waals surface area contributed by atoms with Gasteiger partial charge in [-0.15, -0.1) is 0 Å². The van der Waals surface area contributed by atoms with Crippen molar-refractivity contribution in [1.82, 2.24) is 5.32 Å². The summed E-state index contributed by atoms with van der Waals surface area (Å²) in [7, 11) is 0. The van der Waals surface area contributed by atoms with Crippen LogP contribution in [0.1, 0.15) is 36.0 Å². The number of nitro groups is 1. The average molecular weight is 312 g/mol. The van der Waals surface area contributed by atoms with Crippen LogP contribution in [0.5, 0.6) is 0 Å². The van der Waals surface area contributed by atoms with Gasteiger partial charge in [0.05, 0.1) is 16.4 Å². The molecule has 0 aliphatic heterocycles. The van der Waals surface area contributed by atoms with Crippen LogP contribution in [-0.4, -0.2) is 28.5 Å². The highest BCUT2D eigenvalue weighted by Gasteiger charge is 2.26. The highest BCUT2D eigenvalue weighted by atomic mass is 32.1. The van der Waals surface area contributed by atoms with E-state index in [1.165, 1.54) is 11.4 Å². The van der Waals surface area contributed by atoms with Gasteiger partial charge >= 0.3 is 11.0 Å². The van der Waals surface area contributed by atoms with E-state index in [9.17, 15) is 19.7 Å². The summed E-state index contributed by atoms with van der Waals surface area (Å²) in [6.07, 6.45) is 2.83. The number of hydrogen-bond donors (Lipinski definition) is 2. The molecule has 1 fully saturated rings. The first-order valence-corrected chi connectivity index (χ1v) is 7.59. The van der Waals surface area contributed by atoms with Crippen molar-refractivity contribution in [3.05, 3.63) is 27.1 Å². The van der Waals surface area contributed by atoms with Crippen molar-refractivity contribution < 1.29 is 19.6 Å². The molecule has 0 atom stereocenters. The Bertz CT molecular complexity index is 549. The van der Waals surface area contributed by atoms with E-state index in [1.54, 1.807) is 0 Å². The topological polar surface area (TPSA) is 110 Å². The Labute approximate surface area is 125 Å². The summed E-state index contributed by atoms with van der Waals surface area (Å²) >= 11 is 0.926. The number of carbonyl (C=O) groups excluding carboxylic acids is 1. The van der Waals surface area contributed by atoms with E-state index in [0.717, 1.165) is 24.2 Å². The third-order valence-corrected chi connectivity index (χ3v) is 4.66. The van der Waals surface area contributed by atoms with Gasteiger partial charge in [-0.1, -0.05) is 11.3 Å². The first-order valence-electron chi connectivity index (χ1n) is 6.71. The molecule has 2 rings (SSSR count). The zero-order chi connectivity index (χ0) is 15.4. The second-order valence-electron chi connectivity index (χ2n) is 5.20. The van der Waals surface area contributed by atoms with Crippen molar-refractivity contribution >= 4 is 28.2 Å². The molecule has 0 unspecified atom stereocenters. The SMILES string of the molecule is O=C(NCC1CCC(C(=O)O)CC1)c1csc([N+](=O)[O-])c1. The van der Waals surface area contributed by atoms with Gasteiger partial charge in [0.15, 0.2) is 0 Å². The molecule has 1 aromatic rings. The Morgan fingerprint density at radius 3 is 2.57 bits per heavy atom. The van der Waals surface area contributed by atoms with Crippen molar-refractivity contribution in [1.29, 1.82) is 0 Å². The van der Waals surface area contributed by atoms with Gasteiger partial charge < -0.3 is 10.4 Å². The molecule has 1 aliphatic carbocycles. The van der Waals surface area contributed by atoms with Gasteiger partial charge in [-0.2, -0.15) is 0 Å². The molecule has 0 bridgehead atoms. The van der Waals surface area contributed by atoms with Crippen LogP contribution >= 0.6 is 11.3 Å². The van der Waals surface area contributed by atoms with Crippen LogP contribution in [0.4, 0.5) is 5.00 Å². The molecule has 1 aliphatic rings. The molecule has 8 heteroatoms. The van der Waals surface area contributed by atoms with Crippen LogP contribution in [0, 0.1) is 22.0 Å². The Hall–Kier alpha value is -1.96. The van der Waals surface area contributed by atoms with Crippen molar-refractivity contribution in [2.45, 2.75) is 25.7 Å². The number of carbonyl (C=O) groups is 2. The van der Waals surface area contributed by atoms with Crippen LogP contribution in [0.25, 0.3) is 0 Å². The van der Waals surface area contributed by atoms with Crippen LogP contribution in [0.3, 0.4) is 0 Å². The van der Waals surface area contributed by atoms with Gasteiger partial charge in [0.25, 0.3) is 5.91 Å².